The van der Waals surface area contributed by atoms with E-state index in [4.69, 9.17) is 4.74 Å². The van der Waals surface area contributed by atoms with Crippen LogP contribution in [-0.4, -0.2) is 47.4 Å². The lowest BCUT2D eigenvalue weighted by molar-refractivity contribution is -0.143. The summed E-state index contributed by atoms with van der Waals surface area (Å²) in [6.07, 6.45) is 78.6. The third-order valence-electron chi connectivity index (χ3n) is 14.6. The van der Waals surface area contributed by atoms with E-state index in [0.29, 0.717) is 25.9 Å². The summed E-state index contributed by atoms with van der Waals surface area (Å²) in [4.78, 5) is 24.5. The van der Waals surface area contributed by atoms with Gasteiger partial charge in [0.15, 0.2) is 0 Å². The summed E-state index contributed by atoms with van der Waals surface area (Å²) in [5, 5.41) is 23.1. The molecule has 0 aliphatic carbocycles. The predicted molar refractivity (Wildman–Crippen MR) is 315 cm³/mol. The fourth-order valence-corrected chi connectivity index (χ4v) is 9.70. The highest BCUT2D eigenvalue weighted by molar-refractivity contribution is 5.76. The molecule has 6 nitrogen and oxygen atoms in total. The topological polar surface area (TPSA) is 95.9 Å². The zero-order valence-electron chi connectivity index (χ0n) is 48.2. The summed E-state index contributed by atoms with van der Waals surface area (Å²) >= 11 is 0. The molecule has 2 unspecified atom stereocenters. The van der Waals surface area contributed by atoms with Crippen LogP contribution in [0.15, 0.2) is 48.6 Å². The number of carbonyl (C=O) groups is 2. The first-order chi connectivity index (χ1) is 35.5. The van der Waals surface area contributed by atoms with Crippen molar-refractivity contribution >= 4 is 11.9 Å². The summed E-state index contributed by atoms with van der Waals surface area (Å²) in [5.74, 6) is -0.0343. The van der Waals surface area contributed by atoms with E-state index in [2.05, 4.69) is 67.8 Å². The van der Waals surface area contributed by atoms with Gasteiger partial charge in [0.25, 0.3) is 0 Å². The maximum absolute atomic E-state index is 12.4. The number of hydrogen-bond acceptors (Lipinski definition) is 5. The highest BCUT2D eigenvalue weighted by Crippen LogP contribution is 2.17. The molecule has 0 rings (SSSR count). The van der Waals surface area contributed by atoms with Gasteiger partial charge in [-0.15, -0.1) is 0 Å². The van der Waals surface area contributed by atoms with Crippen LogP contribution in [0.25, 0.3) is 0 Å². The highest BCUT2D eigenvalue weighted by Gasteiger charge is 2.20. The van der Waals surface area contributed by atoms with Gasteiger partial charge in [0, 0.05) is 12.8 Å². The van der Waals surface area contributed by atoms with Gasteiger partial charge in [-0.3, -0.25) is 9.59 Å². The van der Waals surface area contributed by atoms with Crippen LogP contribution >= 0.6 is 0 Å². The lowest BCUT2D eigenvalue weighted by Crippen LogP contribution is -2.45. The minimum Gasteiger partial charge on any atom is -0.466 e. The van der Waals surface area contributed by atoms with Crippen molar-refractivity contribution in [1.82, 2.24) is 5.32 Å². The van der Waals surface area contributed by atoms with Crippen LogP contribution in [0.5, 0.6) is 0 Å². The van der Waals surface area contributed by atoms with Crippen LogP contribution in [0.2, 0.25) is 0 Å². The average Bonchev–Trinajstić information content (AvgIpc) is 3.38. The summed E-state index contributed by atoms with van der Waals surface area (Å²) in [6, 6.07) is -0.541. The van der Waals surface area contributed by atoms with Gasteiger partial charge in [0.2, 0.25) is 5.91 Å². The van der Waals surface area contributed by atoms with Crippen molar-refractivity contribution in [1.29, 1.82) is 0 Å². The molecule has 0 aliphatic rings. The van der Waals surface area contributed by atoms with Crippen molar-refractivity contribution in [3.05, 3.63) is 48.6 Å². The molecule has 0 aromatic heterocycles. The molecule has 1 amide bonds. The summed E-state index contributed by atoms with van der Waals surface area (Å²) in [7, 11) is 0. The molecule has 0 saturated carbocycles. The van der Waals surface area contributed by atoms with Gasteiger partial charge in [0.1, 0.15) is 0 Å². The normalized spacial score (nSPS) is 12.9. The quantitative estimate of drug-likeness (QED) is 0.0320. The van der Waals surface area contributed by atoms with E-state index in [1.807, 2.05) is 0 Å². The molecule has 422 valence electrons. The second-order valence-electron chi connectivity index (χ2n) is 21.7. The number of carbonyl (C=O) groups excluding carboxylic acids is 2. The molecule has 0 aliphatic heterocycles. The van der Waals surface area contributed by atoms with Crippen molar-refractivity contribution in [3.63, 3.8) is 0 Å². The number of nitrogens with one attached hydrogen (secondary N) is 1. The maximum Gasteiger partial charge on any atom is 0.305 e. The van der Waals surface area contributed by atoms with Crippen molar-refractivity contribution in [2.75, 3.05) is 13.2 Å². The van der Waals surface area contributed by atoms with Crippen molar-refractivity contribution in [3.8, 4) is 0 Å². The lowest BCUT2D eigenvalue weighted by Gasteiger charge is -2.22. The Hall–Kier alpha value is -2.18. The minimum atomic E-state index is -0.663. The number of aliphatic hydroxyl groups is 2. The molecule has 0 aromatic carbocycles. The number of aliphatic hydroxyl groups excluding tert-OH is 2. The maximum atomic E-state index is 12.4. The number of ether oxygens (including phenoxy) is 1. The number of unbranched alkanes of at least 4 members (excludes halogenated alkanes) is 40. The van der Waals surface area contributed by atoms with Crippen LogP contribution in [0.4, 0.5) is 0 Å². The van der Waals surface area contributed by atoms with Crippen LogP contribution in [0.1, 0.15) is 335 Å². The second kappa shape index (κ2) is 61.4. The molecule has 2 atom stereocenters. The van der Waals surface area contributed by atoms with Gasteiger partial charge < -0.3 is 20.3 Å². The van der Waals surface area contributed by atoms with E-state index in [-0.39, 0.29) is 18.5 Å². The second-order valence-corrected chi connectivity index (χ2v) is 21.7. The Balaban J connectivity index is 3.38. The summed E-state index contributed by atoms with van der Waals surface area (Å²) in [6.45, 7) is 4.91. The summed E-state index contributed by atoms with van der Waals surface area (Å²) in [5.41, 5.74) is 0. The van der Waals surface area contributed by atoms with E-state index in [1.54, 1.807) is 0 Å². The summed E-state index contributed by atoms with van der Waals surface area (Å²) < 4.78 is 5.49. The van der Waals surface area contributed by atoms with Crippen molar-refractivity contribution in [2.45, 2.75) is 347 Å². The van der Waals surface area contributed by atoms with Crippen LogP contribution in [0.3, 0.4) is 0 Å². The number of amides is 1. The van der Waals surface area contributed by atoms with E-state index >= 15 is 0 Å². The van der Waals surface area contributed by atoms with Gasteiger partial charge in [-0.25, -0.2) is 0 Å². The number of esters is 1. The Labute approximate surface area is 448 Å². The molecule has 3 N–H and O–H groups in total. The van der Waals surface area contributed by atoms with Crippen LogP contribution in [-0.2, 0) is 14.3 Å². The van der Waals surface area contributed by atoms with Gasteiger partial charge in [-0.2, -0.15) is 0 Å². The first-order valence-corrected chi connectivity index (χ1v) is 31.9. The van der Waals surface area contributed by atoms with Crippen LogP contribution < -0.4 is 5.32 Å². The molecule has 0 fully saturated rings. The molecular weight excluding hydrogens is 887 g/mol. The van der Waals surface area contributed by atoms with E-state index in [1.165, 1.54) is 244 Å². The fraction of sp³-hybridized carbons (Fsp3) is 0.848. The average molecular weight is 1010 g/mol. The van der Waals surface area contributed by atoms with E-state index < -0.39 is 12.1 Å². The smallest absolute Gasteiger partial charge is 0.305 e. The SMILES string of the molecule is CCCCC/C=C\C/C=C\CCCCCCCCCC(=O)OCCCCCCCCCCC/C=C\C/C=C\CCCCCCCCCCCCCCCC(=O)NC(CO)C(O)CCCCCCCCCCC. The Morgan fingerprint density at radius 1 is 0.389 bits per heavy atom. The fourth-order valence-electron chi connectivity index (χ4n) is 9.70. The molecule has 0 radical (unpaired) electrons. The minimum absolute atomic E-state index is 0.00391. The monoisotopic (exact) mass is 1010 g/mol. The molecule has 0 saturated heterocycles. The zero-order valence-corrected chi connectivity index (χ0v) is 48.2. The molecule has 0 heterocycles. The van der Waals surface area contributed by atoms with E-state index in [0.717, 1.165) is 57.8 Å². The Kier molecular flexibility index (Phi) is 59.5. The van der Waals surface area contributed by atoms with Crippen molar-refractivity contribution < 1.29 is 24.5 Å². The predicted octanol–water partition coefficient (Wildman–Crippen LogP) is 20.1. The molecule has 6 heteroatoms. The van der Waals surface area contributed by atoms with Gasteiger partial charge >= 0.3 is 5.97 Å². The standard InChI is InChI=1S/C66H123NO5/c1-3-5-7-9-11-13-14-15-16-30-34-37-40-44-48-52-56-60-66(71)72-61-57-53-49-45-41-38-35-32-29-27-25-23-21-19-17-18-20-22-24-26-28-31-33-36-39-43-47-51-55-59-65(70)67-63(62-68)64(69)58-54-50-46-42-12-10-8-6-4-2/h11,13,15-17,19,23,25,63-64,68-69H,3-10,12,14,18,20-22,24,26-62H2,1-2H3,(H,67,70)/b13-11-,16-15-,19-17-,25-23-. The van der Waals surface area contributed by atoms with E-state index in [9.17, 15) is 19.8 Å². The Morgan fingerprint density at radius 2 is 0.694 bits per heavy atom. The van der Waals surface area contributed by atoms with Gasteiger partial charge in [-0.1, -0.05) is 281 Å². The molecule has 0 spiro atoms. The first kappa shape index (κ1) is 69.8. The molecular formula is C66H123NO5. The van der Waals surface area contributed by atoms with Crippen molar-refractivity contribution in [2.24, 2.45) is 0 Å². The zero-order chi connectivity index (χ0) is 52.2. The Morgan fingerprint density at radius 3 is 1.08 bits per heavy atom. The molecule has 0 aromatic rings. The third kappa shape index (κ3) is 57.1. The van der Waals surface area contributed by atoms with Gasteiger partial charge in [0.05, 0.1) is 25.4 Å². The Bertz CT molecular complexity index is 1210. The first-order valence-electron chi connectivity index (χ1n) is 31.9. The third-order valence-corrected chi connectivity index (χ3v) is 14.6. The number of allylic oxidation sites excluding steroid dienone is 8. The molecule has 0 bridgehead atoms. The van der Waals surface area contributed by atoms with Crippen LogP contribution in [0, 0.1) is 0 Å². The largest absolute Gasteiger partial charge is 0.466 e. The lowest BCUT2D eigenvalue weighted by atomic mass is 10.0. The molecule has 72 heavy (non-hydrogen) atoms. The van der Waals surface area contributed by atoms with Gasteiger partial charge in [-0.05, 0) is 89.9 Å². The number of rotatable bonds is 59. The number of hydrogen-bond donors (Lipinski definition) is 3. The highest BCUT2D eigenvalue weighted by atomic mass is 16.5.